The van der Waals surface area contributed by atoms with Crippen LogP contribution < -0.4 is 4.74 Å². The molecule has 2 rings (SSSR count). The predicted octanol–water partition coefficient (Wildman–Crippen LogP) is 1.79. The number of nitrogens with zero attached hydrogens (tertiary/aromatic N) is 2. The molecule has 0 aromatic carbocycles. The van der Waals surface area contributed by atoms with Crippen LogP contribution in [0.3, 0.4) is 0 Å². The van der Waals surface area contributed by atoms with Crippen molar-refractivity contribution in [3.63, 3.8) is 0 Å². The number of fused-ring (bicyclic) bond motifs is 1. The van der Waals surface area contributed by atoms with Crippen molar-refractivity contribution in [3.8, 4) is 5.88 Å². The van der Waals surface area contributed by atoms with E-state index in [4.69, 9.17) is 16.3 Å². The lowest BCUT2D eigenvalue weighted by Crippen LogP contribution is -2.38. The van der Waals surface area contributed by atoms with Crippen LogP contribution in [0.4, 0.5) is 0 Å². The second kappa shape index (κ2) is 4.92. The van der Waals surface area contributed by atoms with Crippen molar-refractivity contribution in [2.45, 2.75) is 13.0 Å². The van der Waals surface area contributed by atoms with E-state index in [0.717, 1.165) is 0 Å². The lowest BCUT2D eigenvalue weighted by atomic mass is 10.1. The lowest BCUT2D eigenvalue weighted by molar-refractivity contribution is 0.0721. The summed E-state index contributed by atoms with van der Waals surface area (Å²) in [5.74, 6) is 1.01. The van der Waals surface area contributed by atoms with Crippen LogP contribution in [0.1, 0.15) is 17.3 Å². The van der Waals surface area contributed by atoms with E-state index in [1.165, 1.54) is 0 Å². The summed E-state index contributed by atoms with van der Waals surface area (Å²) in [6, 6.07) is 3.47. The van der Waals surface area contributed by atoms with Crippen molar-refractivity contribution >= 4 is 17.5 Å². The molecule has 0 spiro atoms. The van der Waals surface area contributed by atoms with Gasteiger partial charge in [0.2, 0.25) is 5.88 Å². The second-order valence-electron chi connectivity index (χ2n) is 4.33. The molecule has 1 aliphatic heterocycles. The number of halogens is 1. The van der Waals surface area contributed by atoms with Crippen LogP contribution in [0.15, 0.2) is 18.3 Å². The first-order chi connectivity index (χ1) is 8.13. The molecule has 0 bridgehead atoms. The van der Waals surface area contributed by atoms with Crippen LogP contribution in [0.2, 0.25) is 0 Å². The van der Waals surface area contributed by atoms with Gasteiger partial charge in [0.1, 0.15) is 11.7 Å². The van der Waals surface area contributed by atoms with Gasteiger partial charge < -0.3 is 9.64 Å². The van der Waals surface area contributed by atoms with Gasteiger partial charge in [0.15, 0.2) is 0 Å². The zero-order valence-electron chi connectivity index (χ0n) is 9.89. The van der Waals surface area contributed by atoms with E-state index in [-0.39, 0.29) is 17.9 Å². The summed E-state index contributed by atoms with van der Waals surface area (Å²) in [5.41, 5.74) is 0.513. The monoisotopic (exact) mass is 254 g/mol. The highest BCUT2D eigenvalue weighted by Gasteiger charge is 2.30. The van der Waals surface area contributed by atoms with Gasteiger partial charge in [-0.1, -0.05) is 6.92 Å². The van der Waals surface area contributed by atoms with E-state index in [0.29, 0.717) is 23.9 Å². The Hall–Kier alpha value is -1.29. The van der Waals surface area contributed by atoms with Crippen molar-refractivity contribution in [3.05, 3.63) is 23.9 Å². The normalized spacial score (nSPS) is 21.5. The summed E-state index contributed by atoms with van der Waals surface area (Å²) in [5, 5.41) is 0. The number of pyridine rings is 1. The molecule has 4 nitrogen and oxygen atoms in total. The molecule has 2 heterocycles. The van der Waals surface area contributed by atoms with Gasteiger partial charge in [0, 0.05) is 25.0 Å². The molecule has 2 atom stereocenters. The molecule has 5 heteroatoms. The van der Waals surface area contributed by atoms with Crippen LogP contribution in [0, 0.1) is 5.92 Å². The molecule has 2 unspecified atom stereocenters. The van der Waals surface area contributed by atoms with Gasteiger partial charge in [0.05, 0.1) is 6.54 Å². The molecule has 0 radical (unpaired) electrons. The highest BCUT2D eigenvalue weighted by atomic mass is 35.5. The van der Waals surface area contributed by atoms with E-state index >= 15 is 0 Å². The minimum absolute atomic E-state index is 0.0580. The number of rotatable bonds is 2. The number of carbonyl (C=O) groups is 1. The molecule has 1 aromatic heterocycles. The van der Waals surface area contributed by atoms with Crippen molar-refractivity contribution in [1.82, 2.24) is 9.88 Å². The molecule has 1 aromatic rings. The van der Waals surface area contributed by atoms with Crippen molar-refractivity contribution < 1.29 is 9.53 Å². The number of alkyl halides is 1. The summed E-state index contributed by atoms with van der Waals surface area (Å²) in [4.78, 5) is 17.8. The molecule has 92 valence electrons. The Labute approximate surface area is 106 Å². The van der Waals surface area contributed by atoms with E-state index in [2.05, 4.69) is 4.98 Å². The quantitative estimate of drug-likeness (QED) is 0.756. The number of amides is 1. The molecular formula is C12H15ClN2O2. The van der Waals surface area contributed by atoms with Gasteiger partial charge in [-0.2, -0.15) is 0 Å². The Morgan fingerprint density at radius 2 is 2.47 bits per heavy atom. The Bertz CT molecular complexity index is 425. The topological polar surface area (TPSA) is 42.4 Å². The number of carbonyl (C=O) groups excluding carboxylic acids is 1. The fourth-order valence-corrected chi connectivity index (χ4v) is 1.98. The van der Waals surface area contributed by atoms with Crippen molar-refractivity contribution in [2.24, 2.45) is 5.92 Å². The zero-order valence-corrected chi connectivity index (χ0v) is 10.6. The highest BCUT2D eigenvalue weighted by molar-refractivity contribution is 6.18. The summed E-state index contributed by atoms with van der Waals surface area (Å²) in [6.45, 7) is 2.53. The number of hydrogen-bond donors (Lipinski definition) is 0. The number of hydrogen-bond acceptors (Lipinski definition) is 3. The smallest absolute Gasteiger partial charge is 0.259 e. The standard InChI is InChI=1S/C12H15ClN2O2/c1-8(6-13)10-7-15(2)12(16)9-4-3-5-14-11(9)17-10/h3-5,8,10H,6-7H2,1-2H3. The third kappa shape index (κ3) is 2.36. The molecule has 0 aliphatic carbocycles. The zero-order chi connectivity index (χ0) is 12.4. The SMILES string of the molecule is CC(CCl)C1CN(C)C(=O)c2cccnc2O1. The predicted molar refractivity (Wildman–Crippen MR) is 65.5 cm³/mol. The van der Waals surface area contributed by atoms with Crippen LogP contribution >= 0.6 is 11.6 Å². The molecule has 0 fully saturated rings. The maximum atomic E-state index is 12.1. The summed E-state index contributed by atoms with van der Waals surface area (Å²) in [6.07, 6.45) is 1.51. The fraction of sp³-hybridized carbons (Fsp3) is 0.500. The summed E-state index contributed by atoms with van der Waals surface area (Å²) >= 11 is 5.85. The Balaban J connectivity index is 2.35. The minimum atomic E-state index is -0.113. The summed E-state index contributed by atoms with van der Waals surface area (Å²) in [7, 11) is 1.77. The molecule has 1 amide bonds. The third-order valence-electron chi connectivity index (χ3n) is 2.94. The summed E-state index contributed by atoms with van der Waals surface area (Å²) < 4.78 is 5.79. The van der Waals surface area contributed by atoms with Gasteiger partial charge in [-0.15, -0.1) is 11.6 Å². The minimum Gasteiger partial charge on any atom is -0.472 e. The number of ether oxygens (including phenoxy) is 1. The van der Waals surface area contributed by atoms with E-state index in [9.17, 15) is 4.79 Å². The van der Waals surface area contributed by atoms with E-state index in [1.54, 1.807) is 30.3 Å². The Morgan fingerprint density at radius 1 is 1.71 bits per heavy atom. The van der Waals surface area contributed by atoms with Crippen molar-refractivity contribution in [1.29, 1.82) is 0 Å². The first-order valence-corrected chi connectivity index (χ1v) is 6.10. The average molecular weight is 255 g/mol. The average Bonchev–Trinajstić information content (AvgIpc) is 2.48. The van der Waals surface area contributed by atoms with Crippen LogP contribution in [0.5, 0.6) is 5.88 Å². The van der Waals surface area contributed by atoms with Gasteiger partial charge in [-0.25, -0.2) is 4.98 Å². The number of aromatic nitrogens is 1. The lowest BCUT2D eigenvalue weighted by Gasteiger charge is -2.24. The third-order valence-corrected chi connectivity index (χ3v) is 3.43. The number of likely N-dealkylation sites (N-methyl/N-ethyl adjacent to an activating group) is 1. The maximum Gasteiger partial charge on any atom is 0.259 e. The van der Waals surface area contributed by atoms with Crippen LogP contribution in [-0.2, 0) is 0 Å². The van der Waals surface area contributed by atoms with Crippen LogP contribution in [-0.4, -0.2) is 41.4 Å². The fourth-order valence-electron chi connectivity index (χ4n) is 1.78. The van der Waals surface area contributed by atoms with E-state index < -0.39 is 0 Å². The molecule has 17 heavy (non-hydrogen) atoms. The molecule has 0 N–H and O–H groups in total. The molecular weight excluding hydrogens is 240 g/mol. The molecule has 0 saturated carbocycles. The Kier molecular flexibility index (Phi) is 3.52. The first kappa shape index (κ1) is 12.2. The van der Waals surface area contributed by atoms with E-state index in [1.807, 2.05) is 6.92 Å². The van der Waals surface area contributed by atoms with Gasteiger partial charge >= 0.3 is 0 Å². The van der Waals surface area contributed by atoms with Crippen LogP contribution in [0.25, 0.3) is 0 Å². The first-order valence-electron chi connectivity index (χ1n) is 5.56. The molecule has 0 saturated heterocycles. The van der Waals surface area contributed by atoms with Gasteiger partial charge in [-0.05, 0) is 12.1 Å². The maximum absolute atomic E-state index is 12.1. The van der Waals surface area contributed by atoms with Gasteiger partial charge in [0.25, 0.3) is 5.91 Å². The Morgan fingerprint density at radius 3 is 3.18 bits per heavy atom. The van der Waals surface area contributed by atoms with Crippen molar-refractivity contribution in [2.75, 3.05) is 19.5 Å². The van der Waals surface area contributed by atoms with Gasteiger partial charge in [-0.3, -0.25) is 4.79 Å². The molecule has 1 aliphatic rings. The highest BCUT2D eigenvalue weighted by Crippen LogP contribution is 2.24. The largest absolute Gasteiger partial charge is 0.472 e. The second-order valence-corrected chi connectivity index (χ2v) is 4.64.